The van der Waals surface area contributed by atoms with E-state index >= 15 is 0 Å². The Balaban J connectivity index is 1.78. The van der Waals surface area contributed by atoms with E-state index in [9.17, 15) is 9.18 Å². The third kappa shape index (κ3) is 4.63. The lowest BCUT2D eigenvalue weighted by Gasteiger charge is -2.23. The second-order valence-corrected chi connectivity index (χ2v) is 5.97. The topological polar surface area (TPSA) is 58.1 Å². The highest BCUT2D eigenvalue weighted by molar-refractivity contribution is 5.89. The number of carbonyl (C=O) groups is 1. The van der Waals surface area contributed by atoms with Gasteiger partial charge in [0, 0.05) is 43.6 Å². The van der Waals surface area contributed by atoms with Crippen LogP contribution in [0.3, 0.4) is 0 Å². The normalized spacial score (nSPS) is 10.4. The van der Waals surface area contributed by atoms with Gasteiger partial charge in [-0.15, -0.1) is 0 Å². The zero-order valence-corrected chi connectivity index (χ0v) is 14.4. The Labute approximate surface area is 151 Å². The maximum Gasteiger partial charge on any atom is 0.322 e. The van der Waals surface area contributed by atoms with E-state index in [0.29, 0.717) is 24.3 Å². The predicted octanol–water partition coefficient (Wildman–Crippen LogP) is 4.16. The Hall–Kier alpha value is -3.28. The van der Waals surface area contributed by atoms with E-state index < -0.39 is 0 Å². The van der Waals surface area contributed by atoms with Gasteiger partial charge < -0.3 is 10.2 Å². The molecule has 132 valence electrons. The number of amides is 2. The minimum Gasteiger partial charge on any atom is -0.316 e. The smallest absolute Gasteiger partial charge is 0.316 e. The number of pyridine rings is 2. The zero-order valence-electron chi connectivity index (χ0n) is 14.4. The Morgan fingerprint density at radius 1 is 1.04 bits per heavy atom. The SMILES string of the molecule is Cc1cc(NC(=O)N(Cc2ccncc2)Cc2cccnc2)ccc1F. The summed E-state index contributed by atoms with van der Waals surface area (Å²) in [5.41, 5.74) is 2.93. The number of hydrogen-bond donors (Lipinski definition) is 1. The molecule has 2 amide bonds. The van der Waals surface area contributed by atoms with Crippen molar-refractivity contribution in [2.45, 2.75) is 20.0 Å². The van der Waals surface area contributed by atoms with Crippen LogP contribution in [0.15, 0.2) is 67.3 Å². The summed E-state index contributed by atoms with van der Waals surface area (Å²) in [5, 5.41) is 2.83. The minimum atomic E-state index is -0.299. The first-order valence-corrected chi connectivity index (χ1v) is 8.22. The van der Waals surface area contributed by atoms with E-state index in [1.165, 1.54) is 6.07 Å². The van der Waals surface area contributed by atoms with Gasteiger partial charge in [-0.1, -0.05) is 6.07 Å². The summed E-state index contributed by atoms with van der Waals surface area (Å²) in [6.45, 7) is 2.49. The molecule has 6 heteroatoms. The van der Waals surface area contributed by atoms with Crippen LogP contribution in [0.4, 0.5) is 14.9 Å². The number of halogens is 1. The van der Waals surface area contributed by atoms with Crippen LogP contribution in [0, 0.1) is 12.7 Å². The molecule has 2 aromatic heterocycles. The van der Waals surface area contributed by atoms with Gasteiger partial charge in [0.2, 0.25) is 0 Å². The first-order chi connectivity index (χ1) is 12.6. The number of carbonyl (C=O) groups excluding carboxylic acids is 1. The van der Waals surface area contributed by atoms with Gasteiger partial charge in [-0.2, -0.15) is 0 Å². The number of hydrogen-bond acceptors (Lipinski definition) is 3. The molecule has 0 saturated carbocycles. The molecule has 0 aliphatic heterocycles. The van der Waals surface area contributed by atoms with Crippen molar-refractivity contribution in [3.05, 3.63) is 89.8 Å². The van der Waals surface area contributed by atoms with Crippen LogP contribution >= 0.6 is 0 Å². The molecular weight excluding hydrogens is 331 g/mol. The van der Waals surface area contributed by atoms with E-state index in [1.54, 1.807) is 48.7 Å². The molecule has 0 atom stereocenters. The van der Waals surface area contributed by atoms with Crippen molar-refractivity contribution in [1.82, 2.24) is 14.9 Å². The van der Waals surface area contributed by atoms with E-state index in [1.807, 2.05) is 24.3 Å². The van der Waals surface area contributed by atoms with Crippen LogP contribution in [0.1, 0.15) is 16.7 Å². The van der Waals surface area contributed by atoms with Crippen molar-refractivity contribution in [2.75, 3.05) is 5.32 Å². The van der Waals surface area contributed by atoms with Crippen molar-refractivity contribution in [1.29, 1.82) is 0 Å². The fourth-order valence-electron chi connectivity index (χ4n) is 2.55. The first-order valence-electron chi connectivity index (χ1n) is 8.22. The number of urea groups is 1. The third-order valence-electron chi connectivity index (χ3n) is 3.92. The molecule has 1 N–H and O–H groups in total. The molecule has 0 saturated heterocycles. The van der Waals surface area contributed by atoms with E-state index in [-0.39, 0.29) is 11.8 Å². The minimum absolute atomic E-state index is 0.267. The molecule has 0 spiro atoms. The Kier molecular flexibility index (Phi) is 5.53. The standard InChI is InChI=1S/C20H19FN4O/c1-15-11-18(4-5-19(15)21)24-20(26)25(13-16-6-9-22-10-7-16)14-17-3-2-8-23-12-17/h2-12H,13-14H2,1H3,(H,24,26). The second-order valence-electron chi connectivity index (χ2n) is 5.97. The summed E-state index contributed by atoms with van der Waals surface area (Å²) in [4.78, 5) is 22.6. The second kappa shape index (κ2) is 8.20. The average Bonchev–Trinajstić information content (AvgIpc) is 2.66. The molecule has 0 aliphatic rings. The van der Waals surface area contributed by atoms with Gasteiger partial charge in [0.05, 0.1) is 0 Å². The maximum absolute atomic E-state index is 13.4. The molecule has 5 nitrogen and oxygen atoms in total. The number of aromatic nitrogens is 2. The maximum atomic E-state index is 13.4. The fourth-order valence-corrected chi connectivity index (χ4v) is 2.55. The van der Waals surface area contributed by atoms with E-state index in [2.05, 4.69) is 15.3 Å². The molecular formula is C20H19FN4O. The number of nitrogens with one attached hydrogen (secondary N) is 1. The van der Waals surface area contributed by atoms with E-state index in [0.717, 1.165) is 11.1 Å². The van der Waals surface area contributed by atoms with Gasteiger partial charge in [-0.05, 0) is 60.0 Å². The number of nitrogens with zero attached hydrogens (tertiary/aromatic N) is 3. The number of anilines is 1. The Bertz CT molecular complexity index is 830. The Morgan fingerprint density at radius 3 is 2.50 bits per heavy atom. The largest absolute Gasteiger partial charge is 0.322 e. The van der Waals surface area contributed by atoms with Crippen LogP contribution in [0.5, 0.6) is 0 Å². The third-order valence-corrected chi connectivity index (χ3v) is 3.92. The molecule has 0 bridgehead atoms. The molecule has 3 aromatic rings. The molecule has 1 aromatic carbocycles. The van der Waals surface area contributed by atoms with Crippen LogP contribution in [-0.4, -0.2) is 20.9 Å². The molecule has 26 heavy (non-hydrogen) atoms. The van der Waals surface area contributed by atoms with Gasteiger partial charge in [0.15, 0.2) is 0 Å². The highest BCUT2D eigenvalue weighted by Gasteiger charge is 2.15. The number of rotatable bonds is 5. The lowest BCUT2D eigenvalue weighted by Crippen LogP contribution is -2.34. The van der Waals surface area contributed by atoms with Crippen LogP contribution in [0.2, 0.25) is 0 Å². The van der Waals surface area contributed by atoms with Gasteiger partial charge in [-0.3, -0.25) is 9.97 Å². The predicted molar refractivity (Wildman–Crippen MR) is 97.9 cm³/mol. The fraction of sp³-hybridized carbons (Fsp3) is 0.150. The molecule has 2 heterocycles. The zero-order chi connectivity index (χ0) is 18.4. The Morgan fingerprint density at radius 2 is 1.81 bits per heavy atom. The number of aryl methyl sites for hydroxylation is 1. The number of benzene rings is 1. The van der Waals surface area contributed by atoms with Crippen LogP contribution < -0.4 is 5.32 Å². The summed E-state index contributed by atoms with van der Waals surface area (Å²) in [6, 6.07) is 11.7. The quantitative estimate of drug-likeness (QED) is 0.752. The molecule has 0 aliphatic carbocycles. The molecule has 0 radical (unpaired) electrons. The van der Waals surface area contributed by atoms with Gasteiger partial charge in [0.1, 0.15) is 5.82 Å². The van der Waals surface area contributed by atoms with Crippen molar-refractivity contribution in [3.63, 3.8) is 0 Å². The van der Waals surface area contributed by atoms with Crippen molar-refractivity contribution < 1.29 is 9.18 Å². The van der Waals surface area contributed by atoms with Crippen molar-refractivity contribution in [2.24, 2.45) is 0 Å². The molecule has 3 rings (SSSR count). The van der Waals surface area contributed by atoms with Gasteiger partial charge >= 0.3 is 6.03 Å². The van der Waals surface area contributed by atoms with Crippen molar-refractivity contribution in [3.8, 4) is 0 Å². The summed E-state index contributed by atoms with van der Waals surface area (Å²) >= 11 is 0. The molecule has 0 unspecified atom stereocenters. The van der Waals surface area contributed by atoms with Crippen LogP contribution in [0.25, 0.3) is 0 Å². The summed E-state index contributed by atoms with van der Waals surface area (Å²) in [7, 11) is 0. The summed E-state index contributed by atoms with van der Waals surface area (Å²) in [5.74, 6) is -0.299. The lowest BCUT2D eigenvalue weighted by atomic mass is 10.2. The highest BCUT2D eigenvalue weighted by atomic mass is 19.1. The van der Waals surface area contributed by atoms with Gasteiger partial charge in [-0.25, -0.2) is 9.18 Å². The summed E-state index contributed by atoms with van der Waals surface area (Å²) in [6.07, 6.45) is 6.81. The van der Waals surface area contributed by atoms with Crippen LogP contribution in [-0.2, 0) is 13.1 Å². The van der Waals surface area contributed by atoms with Gasteiger partial charge in [0.25, 0.3) is 0 Å². The monoisotopic (exact) mass is 350 g/mol. The van der Waals surface area contributed by atoms with E-state index in [4.69, 9.17) is 0 Å². The first kappa shape index (κ1) is 17.5. The molecule has 0 fully saturated rings. The van der Waals surface area contributed by atoms with Crippen molar-refractivity contribution >= 4 is 11.7 Å². The summed E-state index contributed by atoms with van der Waals surface area (Å²) < 4.78 is 13.4. The highest BCUT2D eigenvalue weighted by Crippen LogP contribution is 2.16. The lowest BCUT2D eigenvalue weighted by molar-refractivity contribution is 0.206. The average molecular weight is 350 g/mol.